The van der Waals surface area contributed by atoms with Crippen molar-refractivity contribution in [3.8, 4) is 0 Å². The molecular formula is C25H24F6N4O. The van der Waals surface area contributed by atoms with Crippen molar-refractivity contribution in [2.75, 3.05) is 6.54 Å². The minimum absolute atomic E-state index is 0.0453. The SMILES string of the molecule is CCN1C(=N)/C(=C/c2ccc(C)c(C=N[C@@H](C)Cc3ccc(C(F)(F)F)cc3C(F)(F)F)c2)NC1=O. The van der Waals surface area contributed by atoms with Crippen LogP contribution in [0.4, 0.5) is 31.1 Å². The number of rotatable bonds is 6. The summed E-state index contributed by atoms with van der Waals surface area (Å²) in [5.74, 6) is 0.0453. The van der Waals surface area contributed by atoms with Crippen LogP contribution in [0.5, 0.6) is 0 Å². The minimum atomic E-state index is -4.94. The number of benzene rings is 2. The van der Waals surface area contributed by atoms with Crippen LogP contribution in [-0.4, -0.2) is 35.6 Å². The standard InChI is InChI=1S/C25H24F6N4O/c1-4-35-22(32)21(34-23(35)36)11-16-6-5-14(2)18(10-16)13-33-15(3)9-17-7-8-19(24(26,27)28)12-20(17)25(29,30)31/h5-8,10-13,15,32H,4,9H2,1-3H3,(H,34,36)/b21-11-,32-22?,33-13?/t15-/m0/s1. The zero-order valence-electron chi connectivity index (χ0n) is 19.7. The molecule has 36 heavy (non-hydrogen) atoms. The van der Waals surface area contributed by atoms with Crippen LogP contribution < -0.4 is 5.32 Å². The monoisotopic (exact) mass is 510 g/mol. The molecule has 0 radical (unpaired) electrons. The van der Waals surface area contributed by atoms with E-state index in [9.17, 15) is 31.1 Å². The Balaban J connectivity index is 1.82. The molecule has 5 nitrogen and oxygen atoms in total. The maximum atomic E-state index is 13.4. The highest BCUT2D eigenvalue weighted by molar-refractivity contribution is 6.15. The molecule has 3 rings (SSSR count). The summed E-state index contributed by atoms with van der Waals surface area (Å²) in [6, 6.07) is 5.92. The van der Waals surface area contributed by atoms with Crippen molar-refractivity contribution in [1.29, 1.82) is 5.41 Å². The number of hydrogen-bond acceptors (Lipinski definition) is 3. The van der Waals surface area contributed by atoms with E-state index in [2.05, 4.69) is 10.3 Å². The van der Waals surface area contributed by atoms with Gasteiger partial charge in [0.05, 0.1) is 22.9 Å². The number of nitrogens with one attached hydrogen (secondary N) is 2. The third-order valence-electron chi connectivity index (χ3n) is 5.67. The molecule has 0 saturated carbocycles. The van der Waals surface area contributed by atoms with Gasteiger partial charge in [-0.2, -0.15) is 26.3 Å². The normalized spacial score (nSPS) is 16.8. The van der Waals surface area contributed by atoms with Crippen molar-refractivity contribution in [2.45, 2.75) is 45.6 Å². The number of carbonyl (C=O) groups excluding carboxylic acids is 1. The largest absolute Gasteiger partial charge is 0.416 e. The molecule has 2 N–H and O–H groups in total. The third-order valence-corrected chi connectivity index (χ3v) is 5.67. The summed E-state index contributed by atoms with van der Waals surface area (Å²) in [5.41, 5.74) is -0.441. The van der Waals surface area contributed by atoms with Crippen molar-refractivity contribution in [2.24, 2.45) is 4.99 Å². The van der Waals surface area contributed by atoms with Crippen LogP contribution in [0.2, 0.25) is 0 Å². The van der Waals surface area contributed by atoms with Gasteiger partial charge in [-0.15, -0.1) is 0 Å². The second-order valence-corrected chi connectivity index (χ2v) is 8.40. The molecule has 1 fully saturated rings. The molecule has 2 amide bonds. The van der Waals surface area contributed by atoms with Crippen molar-refractivity contribution in [1.82, 2.24) is 10.2 Å². The molecule has 1 saturated heterocycles. The second-order valence-electron chi connectivity index (χ2n) is 8.40. The van der Waals surface area contributed by atoms with Crippen molar-refractivity contribution >= 4 is 24.2 Å². The van der Waals surface area contributed by atoms with Gasteiger partial charge in [0, 0.05) is 12.8 Å². The lowest BCUT2D eigenvalue weighted by molar-refractivity contribution is -0.143. The van der Waals surface area contributed by atoms with E-state index in [0.717, 1.165) is 11.6 Å². The number of likely N-dealkylation sites (N-methyl/N-ethyl adjacent to an activating group) is 1. The summed E-state index contributed by atoms with van der Waals surface area (Å²) in [6.45, 7) is 5.49. The van der Waals surface area contributed by atoms with Crippen molar-refractivity contribution in [3.63, 3.8) is 0 Å². The van der Waals surface area contributed by atoms with Crippen LogP contribution in [0.1, 0.15) is 47.2 Å². The lowest BCUT2D eigenvalue weighted by Gasteiger charge is -2.17. The second kappa shape index (κ2) is 10.2. The number of aliphatic imine (C=N–C) groups is 1. The van der Waals surface area contributed by atoms with Gasteiger partial charge in [0.25, 0.3) is 0 Å². The van der Waals surface area contributed by atoms with Gasteiger partial charge in [-0.3, -0.25) is 15.3 Å². The molecule has 2 aromatic carbocycles. The first-order valence-electron chi connectivity index (χ1n) is 11.0. The lowest BCUT2D eigenvalue weighted by atomic mass is 9.98. The highest BCUT2D eigenvalue weighted by atomic mass is 19.4. The Morgan fingerprint density at radius 2 is 1.78 bits per heavy atom. The fraction of sp³-hybridized carbons (Fsp3) is 0.320. The van der Waals surface area contributed by atoms with Gasteiger partial charge in [-0.25, -0.2) is 4.79 Å². The fourth-order valence-electron chi connectivity index (χ4n) is 3.72. The smallest absolute Gasteiger partial charge is 0.304 e. The topological polar surface area (TPSA) is 68.6 Å². The number of nitrogens with zero attached hydrogens (tertiary/aromatic N) is 2. The molecule has 1 aliphatic rings. The van der Waals surface area contributed by atoms with Crippen LogP contribution in [-0.2, 0) is 18.8 Å². The molecule has 192 valence electrons. The molecule has 0 aromatic heterocycles. The molecule has 0 spiro atoms. The van der Waals surface area contributed by atoms with E-state index >= 15 is 0 Å². The first-order valence-corrected chi connectivity index (χ1v) is 11.0. The van der Waals surface area contributed by atoms with Gasteiger partial charge in [0.1, 0.15) is 0 Å². The molecule has 11 heteroatoms. The van der Waals surface area contributed by atoms with Gasteiger partial charge in [0.15, 0.2) is 5.84 Å². The minimum Gasteiger partial charge on any atom is -0.304 e. The molecule has 1 heterocycles. The molecule has 0 bridgehead atoms. The molecular weight excluding hydrogens is 486 g/mol. The van der Waals surface area contributed by atoms with Gasteiger partial charge in [0.2, 0.25) is 0 Å². The first-order chi connectivity index (χ1) is 16.7. The Bertz CT molecular complexity index is 1230. The third kappa shape index (κ3) is 6.13. The van der Waals surface area contributed by atoms with Crippen LogP contribution in [0.25, 0.3) is 6.08 Å². The van der Waals surface area contributed by atoms with Crippen LogP contribution in [0.3, 0.4) is 0 Å². The quantitative estimate of drug-likeness (QED) is 0.341. The van der Waals surface area contributed by atoms with E-state index < -0.39 is 35.6 Å². The predicted octanol–water partition coefficient (Wildman–Crippen LogP) is 6.45. The van der Waals surface area contributed by atoms with Gasteiger partial charge in [-0.05, 0) is 73.7 Å². The zero-order valence-corrected chi connectivity index (χ0v) is 19.7. The summed E-state index contributed by atoms with van der Waals surface area (Å²) < 4.78 is 79.0. The number of hydrogen-bond donors (Lipinski definition) is 2. The molecule has 1 aliphatic heterocycles. The fourth-order valence-corrected chi connectivity index (χ4v) is 3.72. The number of halogens is 6. The van der Waals surface area contributed by atoms with Crippen molar-refractivity contribution in [3.05, 3.63) is 75.5 Å². The lowest BCUT2D eigenvalue weighted by Crippen LogP contribution is -2.29. The van der Waals surface area contributed by atoms with Crippen molar-refractivity contribution < 1.29 is 31.1 Å². The van der Waals surface area contributed by atoms with E-state index in [4.69, 9.17) is 5.41 Å². The van der Waals surface area contributed by atoms with E-state index in [-0.39, 0.29) is 23.9 Å². The van der Waals surface area contributed by atoms with Crippen LogP contribution >= 0.6 is 0 Å². The summed E-state index contributed by atoms with van der Waals surface area (Å²) in [6.07, 6.45) is -6.89. The van der Waals surface area contributed by atoms with Crippen LogP contribution in [0.15, 0.2) is 47.1 Å². The Morgan fingerprint density at radius 1 is 1.08 bits per heavy atom. The predicted molar refractivity (Wildman–Crippen MR) is 125 cm³/mol. The van der Waals surface area contributed by atoms with E-state index in [1.807, 2.05) is 6.92 Å². The van der Waals surface area contributed by atoms with E-state index in [1.165, 1.54) is 11.1 Å². The molecule has 0 unspecified atom stereocenters. The van der Waals surface area contributed by atoms with Gasteiger partial charge < -0.3 is 5.32 Å². The average molecular weight is 510 g/mol. The van der Waals surface area contributed by atoms with Crippen LogP contribution in [0, 0.1) is 12.3 Å². The average Bonchev–Trinajstić information content (AvgIpc) is 3.04. The molecule has 2 aromatic rings. The Morgan fingerprint density at radius 3 is 2.36 bits per heavy atom. The summed E-state index contributed by atoms with van der Waals surface area (Å²) in [4.78, 5) is 17.5. The number of amidine groups is 1. The Hall–Kier alpha value is -3.63. The number of aryl methyl sites for hydroxylation is 1. The van der Waals surface area contributed by atoms with Gasteiger partial charge in [-0.1, -0.05) is 18.2 Å². The Kier molecular flexibility index (Phi) is 7.61. The first kappa shape index (κ1) is 27.0. The summed E-state index contributed by atoms with van der Waals surface area (Å²) in [5, 5.41) is 10.7. The number of alkyl halides is 6. The zero-order chi connectivity index (χ0) is 26.8. The summed E-state index contributed by atoms with van der Waals surface area (Å²) in [7, 11) is 0. The van der Waals surface area contributed by atoms with E-state index in [0.29, 0.717) is 29.4 Å². The highest BCUT2D eigenvalue weighted by Gasteiger charge is 2.38. The molecule has 1 atom stereocenters. The number of carbonyl (C=O) groups is 1. The van der Waals surface area contributed by atoms with Gasteiger partial charge >= 0.3 is 18.4 Å². The molecule has 0 aliphatic carbocycles. The highest BCUT2D eigenvalue weighted by Crippen LogP contribution is 2.37. The maximum Gasteiger partial charge on any atom is 0.416 e. The Labute approximate surface area is 204 Å². The summed E-state index contributed by atoms with van der Waals surface area (Å²) >= 11 is 0. The number of amides is 2. The van der Waals surface area contributed by atoms with E-state index in [1.54, 1.807) is 38.1 Å². The maximum absolute atomic E-state index is 13.4. The number of urea groups is 1.